The van der Waals surface area contributed by atoms with E-state index in [1.54, 1.807) is 6.92 Å². The molecule has 1 amide bonds. The molecule has 0 bridgehead atoms. The summed E-state index contributed by atoms with van der Waals surface area (Å²) in [6, 6.07) is 0. The molecule has 0 aliphatic rings. The van der Waals surface area contributed by atoms with Gasteiger partial charge in [-0.25, -0.2) is 0 Å². The van der Waals surface area contributed by atoms with Gasteiger partial charge in [-0.2, -0.15) is 0 Å². The van der Waals surface area contributed by atoms with Crippen LogP contribution in [0.15, 0.2) is 0 Å². The molecule has 4 nitrogen and oxygen atoms in total. The van der Waals surface area contributed by atoms with Crippen molar-refractivity contribution in [1.29, 1.82) is 0 Å². The predicted octanol–water partition coefficient (Wildman–Crippen LogP) is 0.509. The number of rotatable bonds is 7. The second-order valence-corrected chi connectivity index (χ2v) is 4.42. The second kappa shape index (κ2) is 6.80. The van der Waals surface area contributed by atoms with Crippen LogP contribution in [0.25, 0.3) is 0 Å². The molecule has 0 aliphatic heterocycles. The summed E-state index contributed by atoms with van der Waals surface area (Å²) in [6.07, 6.45) is 1.61. The summed E-state index contributed by atoms with van der Waals surface area (Å²) >= 11 is 0. The molecule has 0 saturated heterocycles. The van der Waals surface area contributed by atoms with Crippen LogP contribution in [0.1, 0.15) is 33.6 Å². The lowest BCUT2D eigenvalue weighted by Gasteiger charge is -2.24. The van der Waals surface area contributed by atoms with Gasteiger partial charge in [0.05, 0.1) is 5.60 Å². The number of carbonyl (C=O) groups is 1. The number of hydrogen-bond donors (Lipinski definition) is 3. The highest BCUT2D eigenvalue weighted by atomic mass is 16.3. The highest BCUT2D eigenvalue weighted by Crippen LogP contribution is 2.10. The summed E-state index contributed by atoms with van der Waals surface area (Å²) in [6.45, 7) is 6.61. The molecule has 3 N–H and O–H groups in total. The first-order valence-electron chi connectivity index (χ1n) is 5.57. The molecule has 0 fully saturated rings. The fourth-order valence-electron chi connectivity index (χ4n) is 1.48. The fraction of sp³-hybridized carbons (Fsp3) is 0.909. The molecule has 0 spiro atoms. The minimum Gasteiger partial charge on any atom is -0.388 e. The molecular weight excluding hydrogens is 192 g/mol. The Hall–Kier alpha value is -0.610. The Morgan fingerprint density at radius 3 is 2.60 bits per heavy atom. The minimum absolute atomic E-state index is 0.0132. The molecule has 0 aromatic rings. The maximum absolute atomic E-state index is 11.5. The molecule has 0 aromatic heterocycles. The van der Waals surface area contributed by atoms with Crippen LogP contribution in [0.5, 0.6) is 0 Å². The van der Waals surface area contributed by atoms with Crippen molar-refractivity contribution in [1.82, 2.24) is 10.6 Å². The van der Waals surface area contributed by atoms with Crippen molar-refractivity contribution in [2.45, 2.75) is 39.2 Å². The number of carbonyl (C=O) groups excluding carboxylic acids is 1. The van der Waals surface area contributed by atoms with Gasteiger partial charge in [-0.15, -0.1) is 0 Å². The molecule has 0 radical (unpaired) electrons. The van der Waals surface area contributed by atoms with E-state index in [9.17, 15) is 9.90 Å². The van der Waals surface area contributed by atoms with Gasteiger partial charge in [-0.3, -0.25) is 4.79 Å². The summed E-state index contributed by atoms with van der Waals surface area (Å²) in [5, 5.41) is 15.6. The van der Waals surface area contributed by atoms with E-state index in [0.29, 0.717) is 19.5 Å². The number of amides is 1. The van der Waals surface area contributed by atoms with Crippen LogP contribution in [-0.2, 0) is 4.79 Å². The van der Waals surface area contributed by atoms with Crippen LogP contribution in [0.4, 0.5) is 0 Å². The first-order chi connectivity index (χ1) is 6.93. The average Bonchev–Trinajstić information content (AvgIpc) is 2.14. The molecule has 4 heteroatoms. The van der Waals surface area contributed by atoms with Crippen LogP contribution < -0.4 is 10.6 Å². The molecule has 0 heterocycles. The molecule has 0 aromatic carbocycles. The van der Waals surface area contributed by atoms with E-state index in [-0.39, 0.29) is 11.8 Å². The predicted molar refractivity (Wildman–Crippen MR) is 61.6 cm³/mol. The zero-order chi connectivity index (χ0) is 11.9. The van der Waals surface area contributed by atoms with E-state index in [1.807, 2.05) is 20.9 Å². The smallest absolute Gasteiger partial charge is 0.224 e. The van der Waals surface area contributed by atoms with E-state index < -0.39 is 5.60 Å². The average molecular weight is 216 g/mol. The zero-order valence-corrected chi connectivity index (χ0v) is 10.3. The monoisotopic (exact) mass is 216 g/mol. The van der Waals surface area contributed by atoms with Gasteiger partial charge in [0, 0.05) is 19.0 Å². The Morgan fingerprint density at radius 2 is 2.13 bits per heavy atom. The van der Waals surface area contributed by atoms with Crippen LogP contribution in [0.3, 0.4) is 0 Å². The van der Waals surface area contributed by atoms with E-state index >= 15 is 0 Å². The van der Waals surface area contributed by atoms with Crippen molar-refractivity contribution in [3.05, 3.63) is 0 Å². The topological polar surface area (TPSA) is 61.4 Å². The van der Waals surface area contributed by atoms with E-state index in [1.165, 1.54) is 0 Å². The number of nitrogens with one attached hydrogen (secondary N) is 2. The van der Waals surface area contributed by atoms with Gasteiger partial charge in [0.25, 0.3) is 0 Å². The summed E-state index contributed by atoms with van der Waals surface area (Å²) in [5.74, 6) is -0.0758. The number of hydrogen-bond acceptors (Lipinski definition) is 3. The van der Waals surface area contributed by atoms with E-state index in [2.05, 4.69) is 10.6 Å². The van der Waals surface area contributed by atoms with Crippen molar-refractivity contribution in [3.63, 3.8) is 0 Å². The van der Waals surface area contributed by atoms with E-state index in [0.717, 1.165) is 6.42 Å². The molecule has 15 heavy (non-hydrogen) atoms. The Morgan fingerprint density at radius 1 is 1.53 bits per heavy atom. The van der Waals surface area contributed by atoms with Crippen molar-refractivity contribution in [2.24, 2.45) is 5.92 Å². The van der Waals surface area contributed by atoms with Gasteiger partial charge >= 0.3 is 0 Å². The minimum atomic E-state index is -0.788. The third-order valence-corrected chi connectivity index (χ3v) is 2.39. The fourth-order valence-corrected chi connectivity index (χ4v) is 1.48. The van der Waals surface area contributed by atoms with Gasteiger partial charge in [0.1, 0.15) is 0 Å². The largest absolute Gasteiger partial charge is 0.388 e. The number of aliphatic hydroxyl groups is 1. The highest BCUT2D eigenvalue weighted by Gasteiger charge is 2.21. The van der Waals surface area contributed by atoms with Gasteiger partial charge in [0.2, 0.25) is 5.91 Å². The molecule has 0 rings (SSSR count). The Kier molecular flexibility index (Phi) is 6.52. The molecule has 0 aliphatic carbocycles. The third-order valence-electron chi connectivity index (χ3n) is 2.39. The first-order valence-corrected chi connectivity index (χ1v) is 5.57. The van der Waals surface area contributed by atoms with Crippen LogP contribution >= 0.6 is 0 Å². The standard InChI is InChI=1S/C11H24N2O2/c1-5-6-11(3,15)8-13-10(14)9(2)7-12-4/h9,12,15H,5-8H2,1-4H3,(H,13,14). The second-order valence-electron chi connectivity index (χ2n) is 4.42. The molecule has 2 unspecified atom stereocenters. The van der Waals surface area contributed by atoms with Crippen molar-refractivity contribution >= 4 is 5.91 Å². The lowest BCUT2D eigenvalue weighted by Crippen LogP contribution is -2.43. The van der Waals surface area contributed by atoms with Gasteiger partial charge < -0.3 is 15.7 Å². The van der Waals surface area contributed by atoms with Gasteiger partial charge in [-0.05, 0) is 20.4 Å². The Bertz CT molecular complexity index is 193. The molecule has 90 valence electrons. The summed E-state index contributed by atoms with van der Waals surface area (Å²) in [4.78, 5) is 11.5. The SMILES string of the molecule is CCCC(C)(O)CNC(=O)C(C)CNC. The van der Waals surface area contributed by atoms with Gasteiger partial charge in [0.15, 0.2) is 0 Å². The van der Waals surface area contributed by atoms with E-state index in [4.69, 9.17) is 0 Å². The summed E-state index contributed by atoms with van der Waals surface area (Å²) in [5.41, 5.74) is -0.788. The maximum atomic E-state index is 11.5. The van der Waals surface area contributed by atoms with Crippen molar-refractivity contribution in [2.75, 3.05) is 20.1 Å². The normalized spacial score (nSPS) is 16.9. The quantitative estimate of drug-likeness (QED) is 0.581. The lowest BCUT2D eigenvalue weighted by molar-refractivity contribution is -0.125. The Balaban J connectivity index is 3.88. The first kappa shape index (κ1) is 14.4. The van der Waals surface area contributed by atoms with Crippen molar-refractivity contribution < 1.29 is 9.90 Å². The van der Waals surface area contributed by atoms with Crippen LogP contribution in [-0.4, -0.2) is 36.8 Å². The van der Waals surface area contributed by atoms with Crippen molar-refractivity contribution in [3.8, 4) is 0 Å². The molecule has 0 saturated carbocycles. The lowest BCUT2D eigenvalue weighted by atomic mass is 10.0. The molecule has 2 atom stereocenters. The van der Waals surface area contributed by atoms with Gasteiger partial charge in [-0.1, -0.05) is 20.3 Å². The maximum Gasteiger partial charge on any atom is 0.224 e. The summed E-state index contributed by atoms with van der Waals surface area (Å²) in [7, 11) is 1.82. The zero-order valence-electron chi connectivity index (χ0n) is 10.3. The highest BCUT2D eigenvalue weighted by molar-refractivity contribution is 5.78. The molecular formula is C11H24N2O2. The third kappa shape index (κ3) is 6.47. The van der Waals surface area contributed by atoms with Crippen LogP contribution in [0.2, 0.25) is 0 Å². The van der Waals surface area contributed by atoms with Crippen LogP contribution in [0, 0.1) is 5.92 Å². The summed E-state index contributed by atoms with van der Waals surface area (Å²) < 4.78 is 0. The Labute approximate surface area is 92.4 Å².